The molecule has 96 valence electrons. The van der Waals surface area contributed by atoms with Gasteiger partial charge < -0.3 is 10.3 Å². The first-order valence-corrected chi connectivity index (χ1v) is 6.46. The largest absolute Gasteiger partial charge is 0.367 e. The van der Waals surface area contributed by atoms with E-state index in [9.17, 15) is 0 Å². The van der Waals surface area contributed by atoms with Crippen LogP contribution in [-0.2, 0) is 0 Å². The van der Waals surface area contributed by atoms with Crippen LogP contribution in [0.25, 0.3) is 11.2 Å². The monoisotopic (exact) mass is 246 g/mol. The van der Waals surface area contributed by atoms with Gasteiger partial charge in [-0.3, -0.25) is 4.90 Å². The summed E-state index contributed by atoms with van der Waals surface area (Å²) in [4.78, 5) is 18.1. The number of hydrogen-bond acceptors (Lipinski definition) is 5. The van der Waals surface area contributed by atoms with Gasteiger partial charge in [-0.15, -0.1) is 0 Å². The summed E-state index contributed by atoms with van der Waals surface area (Å²) in [6.07, 6.45) is 5.84. The number of anilines is 1. The van der Waals surface area contributed by atoms with Gasteiger partial charge in [0, 0.05) is 12.6 Å². The van der Waals surface area contributed by atoms with Gasteiger partial charge in [0.05, 0.1) is 6.33 Å². The number of rotatable bonds is 4. The molecule has 0 amide bonds. The predicted molar refractivity (Wildman–Crippen MR) is 70.4 cm³/mol. The first-order valence-electron chi connectivity index (χ1n) is 6.46. The average molecular weight is 246 g/mol. The van der Waals surface area contributed by atoms with Crippen molar-refractivity contribution in [1.82, 2.24) is 24.8 Å². The molecule has 6 nitrogen and oxygen atoms in total. The molecule has 18 heavy (non-hydrogen) atoms. The Labute approximate surface area is 106 Å². The summed E-state index contributed by atoms with van der Waals surface area (Å²) in [6, 6.07) is 0.528. The van der Waals surface area contributed by atoms with Crippen LogP contribution < -0.4 is 5.32 Å². The van der Waals surface area contributed by atoms with Crippen LogP contribution in [0, 0.1) is 0 Å². The number of imidazole rings is 1. The van der Waals surface area contributed by atoms with Gasteiger partial charge in [0.15, 0.2) is 11.5 Å². The fourth-order valence-electron chi connectivity index (χ4n) is 2.45. The van der Waals surface area contributed by atoms with Gasteiger partial charge in [-0.1, -0.05) is 0 Å². The number of nitrogens with one attached hydrogen (secondary N) is 2. The lowest BCUT2D eigenvalue weighted by Gasteiger charge is -2.24. The summed E-state index contributed by atoms with van der Waals surface area (Å²) in [5, 5.41) is 3.39. The summed E-state index contributed by atoms with van der Waals surface area (Å²) >= 11 is 0. The lowest BCUT2D eigenvalue weighted by atomic mass is 10.3. The van der Waals surface area contributed by atoms with Gasteiger partial charge in [-0.2, -0.15) is 0 Å². The minimum Gasteiger partial charge on any atom is -0.367 e. The van der Waals surface area contributed by atoms with E-state index in [1.165, 1.54) is 25.9 Å². The van der Waals surface area contributed by atoms with Crippen LogP contribution in [0.4, 0.5) is 5.82 Å². The maximum Gasteiger partial charge on any atom is 0.182 e. The summed E-state index contributed by atoms with van der Waals surface area (Å²) in [6.45, 7) is 5.58. The Hall–Kier alpha value is -1.69. The van der Waals surface area contributed by atoms with E-state index < -0.39 is 0 Å². The Morgan fingerprint density at radius 3 is 3.00 bits per heavy atom. The Morgan fingerprint density at radius 1 is 1.33 bits per heavy atom. The van der Waals surface area contributed by atoms with Crippen molar-refractivity contribution >= 4 is 17.0 Å². The van der Waals surface area contributed by atoms with Crippen LogP contribution in [0.2, 0.25) is 0 Å². The second-order valence-corrected chi connectivity index (χ2v) is 4.80. The molecule has 0 bridgehead atoms. The molecule has 1 saturated heterocycles. The van der Waals surface area contributed by atoms with Crippen LogP contribution >= 0.6 is 0 Å². The molecule has 3 rings (SSSR count). The summed E-state index contributed by atoms with van der Waals surface area (Å²) in [5.41, 5.74) is 1.59. The van der Waals surface area contributed by atoms with Gasteiger partial charge >= 0.3 is 0 Å². The molecular weight excluding hydrogens is 228 g/mol. The van der Waals surface area contributed by atoms with Gasteiger partial charge in [0.1, 0.15) is 11.8 Å². The highest BCUT2D eigenvalue weighted by Gasteiger charge is 2.18. The number of likely N-dealkylation sites (tertiary alicyclic amines) is 1. The number of aromatic nitrogens is 4. The molecule has 2 aromatic heterocycles. The highest BCUT2D eigenvalue weighted by atomic mass is 15.2. The van der Waals surface area contributed by atoms with Crippen molar-refractivity contribution in [3.05, 3.63) is 12.7 Å². The van der Waals surface area contributed by atoms with Crippen molar-refractivity contribution in [3.8, 4) is 0 Å². The molecular formula is C12H18N6. The Bertz CT molecular complexity index is 516. The lowest BCUT2D eigenvalue weighted by Crippen LogP contribution is -2.35. The molecule has 2 N–H and O–H groups in total. The smallest absolute Gasteiger partial charge is 0.182 e. The van der Waals surface area contributed by atoms with Crippen LogP contribution in [0.15, 0.2) is 12.7 Å². The number of fused-ring (bicyclic) bond motifs is 1. The van der Waals surface area contributed by atoms with Gasteiger partial charge in [-0.25, -0.2) is 15.0 Å². The minimum absolute atomic E-state index is 0.528. The Morgan fingerprint density at radius 2 is 2.17 bits per heavy atom. The van der Waals surface area contributed by atoms with E-state index in [4.69, 9.17) is 0 Å². The van der Waals surface area contributed by atoms with E-state index in [1.54, 1.807) is 12.7 Å². The van der Waals surface area contributed by atoms with Crippen molar-refractivity contribution in [1.29, 1.82) is 0 Å². The first kappa shape index (κ1) is 11.4. The number of H-pyrrole nitrogens is 1. The molecule has 0 aromatic carbocycles. The highest BCUT2D eigenvalue weighted by Crippen LogP contribution is 2.16. The van der Waals surface area contributed by atoms with Gasteiger partial charge in [0.2, 0.25) is 0 Å². The zero-order valence-corrected chi connectivity index (χ0v) is 10.6. The maximum absolute atomic E-state index is 4.27. The van der Waals surface area contributed by atoms with Crippen LogP contribution in [-0.4, -0.2) is 50.5 Å². The van der Waals surface area contributed by atoms with Crippen LogP contribution in [0.5, 0.6) is 0 Å². The van der Waals surface area contributed by atoms with E-state index in [-0.39, 0.29) is 0 Å². The van der Waals surface area contributed by atoms with Gasteiger partial charge in [-0.05, 0) is 32.9 Å². The molecule has 1 aliphatic rings. The second-order valence-electron chi connectivity index (χ2n) is 4.80. The van der Waals surface area contributed by atoms with E-state index >= 15 is 0 Å². The SMILES string of the molecule is CC(CNc1ncnc2nc[nH]c12)N1CCCC1. The number of nitrogens with zero attached hydrogens (tertiary/aromatic N) is 4. The molecule has 0 radical (unpaired) electrons. The normalized spacial score (nSPS) is 18.3. The van der Waals surface area contributed by atoms with Crippen molar-refractivity contribution in [3.63, 3.8) is 0 Å². The van der Waals surface area contributed by atoms with Gasteiger partial charge in [0.25, 0.3) is 0 Å². The third-order valence-corrected chi connectivity index (χ3v) is 3.55. The average Bonchev–Trinajstić information content (AvgIpc) is 3.05. The standard InChI is InChI=1S/C12H18N6/c1-9(18-4-2-3-5-18)6-13-11-10-12(15-7-14-10)17-8-16-11/h7-9H,2-6H2,1H3,(H2,13,14,15,16,17). The third-order valence-electron chi connectivity index (χ3n) is 3.55. The zero-order chi connectivity index (χ0) is 12.4. The van der Waals surface area contributed by atoms with Crippen molar-refractivity contribution < 1.29 is 0 Å². The number of aromatic amines is 1. The predicted octanol–water partition coefficient (Wildman–Crippen LogP) is 1.25. The summed E-state index contributed by atoms with van der Waals surface area (Å²) in [5.74, 6) is 0.837. The molecule has 1 fully saturated rings. The van der Waals surface area contributed by atoms with Crippen molar-refractivity contribution in [2.24, 2.45) is 0 Å². The molecule has 0 aliphatic carbocycles. The molecule has 3 heterocycles. The molecule has 2 aromatic rings. The van der Waals surface area contributed by atoms with E-state index in [2.05, 4.69) is 37.1 Å². The quantitative estimate of drug-likeness (QED) is 0.849. The second kappa shape index (κ2) is 4.89. The van der Waals surface area contributed by atoms with Crippen LogP contribution in [0.3, 0.4) is 0 Å². The van der Waals surface area contributed by atoms with Crippen molar-refractivity contribution in [2.75, 3.05) is 25.0 Å². The molecule has 1 aliphatic heterocycles. The first-order chi connectivity index (χ1) is 8.84. The van der Waals surface area contributed by atoms with E-state index in [1.807, 2.05) is 0 Å². The molecule has 0 spiro atoms. The minimum atomic E-state index is 0.528. The molecule has 0 saturated carbocycles. The molecule has 6 heteroatoms. The van der Waals surface area contributed by atoms with E-state index in [0.717, 1.165) is 17.9 Å². The highest BCUT2D eigenvalue weighted by molar-refractivity contribution is 5.81. The maximum atomic E-state index is 4.27. The molecule has 1 unspecified atom stereocenters. The zero-order valence-electron chi connectivity index (χ0n) is 10.6. The third kappa shape index (κ3) is 2.15. The summed E-state index contributed by atoms with van der Waals surface area (Å²) in [7, 11) is 0. The van der Waals surface area contributed by atoms with Crippen LogP contribution in [0.1, 0.15) is 19.8 Å². The summed E-state index contributed by atoms with van der Waals surface area (Å²) < 4.78 is 0. The lowest BCUT2D eigenvalue weighted by molar-refractivity contribution is 0.269. The van der Waals surface area contributed by atoms with E-state index in [0.29, 0.717) is 11.7 Å². The molecule has 1 atom stereocenters. The Balaban J connectivity index is 1.67. The number of hydrogen-bond donors (Lipinski definition) is 2. The topological polar surface area (TPSA) is 69.7 Å². The Kier molecular flexibility index (Phi) is 3.10. The van der Waals surface area contributed by atoms with Crippen molar-refractivity contribution in [2.45, 2.75) is 25.8 Å². The fraction of sp³-hybridized carbons (Fsp3) is 0.583. The fourth-order valence-corrected chi connectivity index (χ4v) is 2.45.